The summed E-state index contributed by atoms with van der Waals surface area (Å²) in [7, 11) is -1.52. The number of benzene rings is 1. The highest BCUT2D eigenvalue weighted by atomic mass is 127. The number of nitrogens with one attached hydrogen (secondary N) is 3. The van der Waals surface area contributed by atoms with Crippen molar-refractivity contribution < 1.29 is 8.42 Å². The molecular weight excluding hydrogens is 501 g/mol. The molecule has 166 valence electrons. The summed E-state index contributed by atoms with van der Waals surface area (Å²) in [5.74, 6) is 0.706. The first-order valence-corrected chi connectivity index (χ1v) is 11.7. The topological polar surface area (TPSA) is 85.8 Å². The molecule has 1 unspecified atom stereocenters. The number of halogens is 1. The Bertz CT molecular complexity index is 747. The van der Waals surface area contributed by atoms with Crippen LogP contribution in [0.4, 0.5) is 0 Å². The van der Waals surface area contributed by atoms with Crippen molar-refractivity contribution in [1.29, 1.82) is 0 Å². The highest BCUT2D eigenvalue weighted by Gasteiger charge is 2.25. The minimum absolute atomic E-state index is 0. The Kier molecular flexibility index (Phi) is 10.3. The van der Waals surface area contributed by atoms with Crippen molar-refractivity contribution in [1.82, 2.24) is 20.3 Å². The molecule has 1 saturated heterocycles. The number of piperidine rings is 1. The molecule has 1 atom stereocenters. The maximum Gasteiger partial charge on any atom is 0.209 e. The van der Waals surface area contributed by atoms with Gasteiger partial charge in [-0.25, -0.2) is 13.1 Å². The van der Waals surface area contributed by atoms with Crippen LogP contribution in [-0.4, -0.2) is 63.8 Å². The van der Waals surface area contributed by atoms with E-state index in [0.717, 1.165) is 25.9 Å². The average molecular weight is 538 g/mol. The summed E-state index contributed by atoms with van der Waals surface area (Å²) in [5.41, 5.74) is 0.756. The van der Waals surface area contributed by atoms with Gasteiger partial charge in [0.1, 0.15) is 0 Å². The Morgan fingerprint density at radius 1 is 1.24 bits per heavy atom. The van der Waals surface area contributed by atoms with Gasteiger partial charge in [0.25, 0.3) is 0 Å². The monoisotopic (exact) mass is 537 g/mol. The van der Waals surface area contributed by atoms with E-state index < -0.39 is 15.6 Å². The van der Waals surface area contributed by atoms with Gasteiger partial charge in [-0.05, 0) is 39.2 Å². The second-order valence-electron chi connectivity index (χ2n) is 8.23. The van der Waals surface area contributed by atoms with Crippen LogP contribution >= 0.6 is 24.0 Å². The number of aliphatic imine (C=N–C) groups is 1. The van der Waals surface area contributed by atoms with E-state index in [2.05, 4.69) is 62.5 Å². The number of hydrogen-bond acceptors (Lipinski definition) is 4. The van der Waals surface area contributed by atoms with Crippen molar-refractivity contribution in [2.45, 2.75) is 51.2 Å². The molecule has 1 aliphatic heterocycles. The smallest absolute Gasteiger partial charge is 0.209 e. The van der Waals surface area contributed by atoms with Crippen molar-refractivity contribution in [3.8, 4) is 0 Å². The lowest BCUT2D eigenvalue weighted by Crippen LogP contribution is -2.55. The Morgan fingerprint density at radius 2 is 1.83 bits per heavy atom. The van der Waals surface area contributed by atoms with E-state index in [1.54, 1.807) is 7.05 Å². The van der Waals surface area contributed by atoms with E-state index in [9.17, 15) is 8.42 Å². The molecule has 0 spiro atoms. The lowest BCUT2D eigenvalue weighted by molar-refractivity contribution is 0.158. The fourth-order valence-corrected chi connectivity index (χ4v) is 4.68. The fraction of sp³-hybridized carbons (Fsp3) is 0.650. The number of likely N-dealkylation sites (tertiary alicyclic amines) is 1. The summed E-state index contributed by atoms with van der Waals surface area (Å²) in [4.78, 5) is 6.80. The molecule has 1 fully saturated rings. The highest BCUT2D eigenvalue weighted by molar-refractivity contribution is 14.0. The molecule has 0 aliphatic carbocycles. The molecule has 0 radical (unpaired) electrons. The third kappa shape index (κ3) is 9.18. The van der Waals surface area contributed by atoms with Crippen molar-refractivity contribution in [2.24, 2.45) is 4.99 Å². The minimum atomic E-state index is -3.26. The molecule has 1 aliphatic rings. The van der Waals surface area contributed by atoms with E-state index in [0.29, 0.717) is 24.6 Å². The van der Waals surface area contributed by atoms with Crippen LogP contribution in [0.5, 0.6) is 0 Å². The van der Waals surface area contributed by atoms with Gasteiger partial charge in [0, 0.05) is 44.3 Å². The lowest BCUT2D eigenvalue weighted by atomic mass is 10.0. The summed E-state index contributed by atoms with van der Waals surface area (Å²) in [6.45, 7) is 8.47. The van der Waals surface area contributed by atoms with Gasteiger partial charge < -0.3 is 10.6 Å². The van der Waals surface area contributed by atoms with E-state index in [-0.39, 0.29) is 24.0 Å². The molecule has 1 heterocycles. The number of guanidine groups is 1. The van der Waals surface area contributed by atoms with Gasteiger partial charge in [-0.1, -0.05) is 30.3 Å². The quantitative estimate of drug-likeness (QED) is 0.283. The van der Waals surface area contributed by atoms with E-state index in [4.69, 9.17) is 0 Å². The summed E-state index contributed by atoms with van der Waals surface area (Å²) >= 11 is 0. The molecule has 0 saturated carbocycles. The van der Waals surface area contributed by atoms with Crippen molar-refractivity contribution in [2.75, 3.05) is 32.9 Å². The standard InChI is InChI=1S/C20H35N5O2S.HI/c1-16(17-9-7-6-8-10-17)25-13-11-18(12-14-25)23-19(21-4)22-15-20(2,3)24-28(5,26)27;/h6-10,16,18,24H,11-15H2,1-5H3,(H2,21,22,23);1H. The SMILES string of the molecule is CN=C(NCC(C)(C)NS(C)(=O)=O)NC1CCN(C(C)c2ccccc2)CC1.I. The molecule has 1 aromatic carbocycles. The Morgan fingerprint density at radius 3 is 2.34 bits per heavy atom. The molecule has 0 aromatic heterocycles. The van der Waals surface area contributed by atoms with Crippen LogP contribution in [0.1, 0.15) is 45.2 Å². The Balaban J connectivity index is 0.00000420. The predicted octanol–water partition coefficient (Wildman–Crippen LogP) is 2.32. The molecule has 9 heteroatoms. The molecule has 2 rings (SSSR count). The molecule has 1 aromatic rings. The first-order valence-electron chi connectivity index (χ1n) is 9.85. The van der Waals surface area contributed by atoms with Crippen LogP contribution in [-0.2, 0) is 10.0 Å². The number of hydrogen-bond donors (Lipinski definition) is 3. The van der Waals surface area contributed by atoms with E-state index in [1.165, 1.54) is 11.8 Å². The zero-order valence-electron chi connectivity index (χ0n) is 18.1. The van der Waals surface area contributed by atoms with Gasteiger partial charge in [0.2, 0.25) is 10.0 Å². The normalized spacial score (nSPS) is 18.0. The van der Waals surface area contributed by atoms with Gasteiger partial charge in [-0.15, -0.1) is 24.0 Å². The minimum Gasteiger partial charge on any atom is -0.355 e. The zero-order chi connectivity index (χ0) is 20.8. The highest BCUT2D eigenvalue weighted by Crippen LogP contribution is 2.23. The summed E-state index contributed by atoms with van der Waals surface area (Å²) in [6, 6.07) is 11.4. The average Bonchev–Trinajstić information content (AvgIpc) is 2.64. The fourth-order valence-electron chi connectivity index (χ4n) is 3.60. The van der Waals surface area contributed by atoms with Crippen molar-refractivity contribution in [3.63, 3.8) is 0 Å². The van der Waals surface area contributed by atoms with Gasteiger partial charge in [-0.3, -0.25) is 9.89 Å². The van der Waals surface area contributed by atoms with Gasteiger partial charge in [0.05, 0.1) is 6.26 Å². The predicted molar refractivity (Wildman–Crippen MR) is 131 cm³/mol. The second-order valence-corrected chi connectivity index (χ2v) is 9.97. The van der Waals surface area contributed by atoms with Gasteiger partial charge >= 0.3 is 0 Å². The van der Waals surface area contributed by atoms with Crippen LogP contribution in [0, 0.1) is 0 Å². The third-order valence-electron chi connectivity index (χ3n) is 5.08. The molecule has 29 heavy (non-hydrogen) atoms. The van der Waals surface area contributed by atoms with Crippen LogP contribution in [0.3, 0.4) is 0 Å². The maximum atomic E-state index is 11.5. The maximum absolute atomic E-state index is 11.5. The first-order chi connectivity index (χ1) is 13.1. The summed E-state index contributed by atoms with van der Waals surface area (Å²) < 4.78 is 25.6. The third-order valence-corrected chi connectivity index (χ3v) is 6.01. The molecule has 0 bridgehead atoms. The number of sulfonamides is 1. The Labute approximate surface area is 193 Å². The van der Waals surface area contributed by atoms with E-state index >= 15 is 0 Å². The summed E-state index contributed by atoms with van der Waals surface area (Å²) in [6.07, 6.45) is 3.26. The van der Waals surface area contributed by atoms with Crippen LogP contribution in [0.25, 0.3) is 0 Å². The number of nitrogens with zero attached hydrogens (tertiary/aromatic N) is 2. The molecular formula is C20H36IN5O2S. The summed E-state index contributed by atoms with van der Waals surface area (Å²) in [5, 5.41) is 6.71. The van der Waals surface area contributed by atoms with Crippen LogP contribution in [0.15, 0.2) is 35.3 Å². The molecule has 3 N–H and O–H groups in total. The largest absolute Gasteiger partial charge is 0.355 e. The van der Waals surface area contributed by atoms with Crippen LogP contribution in [0.2, 0.25) is 0 Å². The molecule has 7 nitrogen and oxygen atoms in total. The van der Waals surface area contributed by atoms with Crippen LogP contribution < -0.4 is 15.4 Å². The van der Waals surface area contributed by atoms with Gasteiger partial charge in [0.15, 0.2) is 5.96 Å². The van der Waals surface area contributed by atoms with E-state index in [1.807, 2.05) is 13.8 Å². The Hall–Kier alpha value is -0.910. The first kappa shape index (κ1) is 26.1. The molecule has 0 amide bonds. The lowest BCUT2D eigenvalue weighted by Gasteiger charge is -2.37. The van der Waals surface area contributed by atoms with Crippen molar-refractivity contribution in [3.05, 3.63) is 35.9 Å². The van der Waals surface area contributed by atoms with Gasteiger partial charge in [-0.2, -0.15) is 0 Å². The number of rotatable bonds is 7. The zero-order valence-corrected chi connectivity index (χ0v) is 21.3. The second kappa shape index (κ2) is 11.5. The van der Waals surface area contributed by atoms with Crippen molar-refractivity contribution >= 4 is 40.0 Å².